The minimum absolute atomic E-state index is 0.211. The van der Waals surface area contributed by atoms with Gasteiger partial charge in [0.1, 0.15) is 0 Å². The molecule has 0 radical (unpaired) electrons. The number of benzene rings is 1. The molecule has 1 aliphatic heterocycles. The Kier molecular flexibility index (Phi) is 5.10. The zero-order chi connectivity index (χ0) is 19.9. The van der Waals surface area contributed by atoms with E-state index >= 15 is 0 Å². The topological polar surface area (TPSA) is 58.6 Å². The molecule has 1 heterocycles. The molecule has 0 unspecified atom stereocenters. The van der Waals surface area contributed by atoms with Crippen LogP contribution in [-0.2, 0) is 15.7 Å². The van der Waals surface area contributed by atoms with Crippen LogP contribution in [0.4, 0.5) is 23.7 Å². The van der Waals surface area contributed by atoms with Gasteiger partial charge in [-0.3, -0.25) is 9.69 Å². The molecule has 2 atom stereocenters. The molecule has 2 amide bonds. The number of carbonyl (C=O) groups excluding carboxylic acids is 2. The standard InChI is InChI=1S/C19H23F3N2O3/c1-10(2)27-18(26)24-16-7-6-13(19(20,21)22)8-14(16)15(23-11(3)25)9-17(24)12-4-5-12/h6-8,10,12,15,17H,4-5,9H2,1-3H3,(H,23,25)/t15-,17-/m0/s1. The molecule has 27 heavy (non-hydrogen) atoms. The zero-order valence-corrected chi connectivity index (χ0v) is 15.5. The normalized spacial score (nSPS) is 22.4. The van der Waals surface area contributed by atoms with Crippen LogP contribution in [0.5, 0.6) is 0 Å². The maximum atomic E-state index is 13.2. The Morgan fingerprint density at radius 1 is 1.26 bits per heavy atom. The van der Waals surface area contributed by atoms with Crippen LogP contribution in [0.25, 0.3) is 0 Å². The molecule has 1 aromatic carbocycles. The molecule has 148 valence electrons. The van der Waals surface area contributed by atoms with E-state index in [4.69, 9.17) is 4.74 Å². The smallest absolute Gasteiger partial charge is 0.416 e. The third-order valence-corrected chi connectivity index (χ3v) is 4.88. The summed E-state index contributed by atoms with van der Waals surface area (Å²) in [7, 11) is 0. The Morgan fingerprint density at radius 3 is 2.44 bits per heavy atom. The molecule has 1 aromatic rings. The molecule has 0 aromatic heterocycles. The second-order valence-electron chi connectivity index (χ2n) is 7.47. The van der Waals surface area contributed by atoms with Gasteiger partial charge in [0.15, 0.2) is 0 Å². The van der Waals surface area contributed by atoms with Crippen LogP contribution in [0.15, 0.2) is 18.2 Å². The second kappa shape index (κ2) is 7.05. The summed E-state index contributed by atoms with van der Waals surface area (Å²) in [5, 5.41) is 2.74. The number of amides is 2. The molecule has 1 fully saturated rings. The lowest BCUT2D eigenvalue weighted by Crippen LogP contribution is -2.49. The summed E-state index contributed by atoms with van der Waals surface area (Å²) >= 11 is 0. The highest BCUT2D eigenvalue weighted by Crippen LogP contribution is 2.47. The van der Waals surface area contributed by atoms with Gasteiger partial charge in [-0.15, -0.1) is 0 Å². The van der Waals surface area contributed by atoms with Gasteiger partial charge in [-0.2, -0.15) is 13.2 Å². The number of nitrogens with zero attached hydrogens (tertiary/aromatic N) is 1. The van der Waals surface area contributed by atoms with Crippen LogP contribution >= 0.6 is 0 Å². The number of nitrogens with one attached hydrogen (secondary N) is 1. The van der Waals surface area contributed by atoms with Gasteiger partial charge >= 0.3 is 12.3 Å². The molecule has 0 spiro atoms. The molecule has 0 bridgehead atoms. The summed E-state index contributed by atoms with van der Waals surface area (Å²) in [6.45, 7) is 4.78. The third kappa shape index (κ3) is 4.20. The lowest BCUT2D eigenvalue weighted by atomic mass is 9.87. The second-order valence-corrected chi connectivity index (χ2v) is 7.47. The third-order valence-electron chi connectivity index (χ3n) is 4.88. The Balaban J connectivity index is 2.08. The molecule has 3 rings (SSSR count). The van der Waals surface area contributed by atoms with Crippen molar-refractivity contribution in [1.29, 1.82) is 0 Å². The molecule has 1 aliphatic carbocycles. The van der Waals surface area contributed by atoms with E-state index in [2.05, 4.69) is 5.32 Å². The van der Waals surface area contributed by atoms with Crippen molar-refractivity contribution >= 4 is 17.7 Å². The molecule has 1 saturated carbocycles. The van der Waals surface area contributed by atoms with Crippen LogP contribution in [0.1, 0.15) is 57.2 Å². The van der Waals surface area contributed by atoms with Crippen molar-refractivity contribution in [2.24, 2.45) is 5.92 Å². The van der Waals surface area contributed by atoms with E-state index in [1.165, 1.54) is 17.9 Å². The predicted octanol–water partition coefficient (Wildman–Crippen LogP) is 4.42. The molecule has 2 aliphatic rings. The lowest BCUT2D eigenvalue weighted by molar-refractivity contribution is -0.137. The van der Waals surface area contributed by atoms with Gasteiger partial charge in [-0.05, 0) is 62.8 Å². The highest BCUT2D eigenvalue weighted by atomic mass is 19.4. The van der Waals surface area contributed by atoms with Crippen LogP contribution in [-0.4, -0.2) is 24.1 Å². The van der Waals surface area contributed by atoms with Crippen molar-refractivity contribution in [3.05, 3.63) is 29.3 Å². The first-order valence-corrected chi connectivity index (χ1v) is 9.06. The highest BCUT2D eigenvalue weighted by Gasteiger charge is 2.45. The van der Waals surface area contributed by atoms with Gasteiger partial charge < -0.3 is 10.1 Å². The molecule has 1 N–H and O–H groups in total. The van der Waals surface area contributed by atoms with Crippen molar-refractivity contribution in [3.8, 4) is 0 Å². The first-order valence-electron chi connectivity index (χ1n) is 9.06. The maximum Gasteiger partial charge on any atom is 0.416 e. The van der Waals surface area contributed by atoms with E-state index in [9.17, 15) is 22.8 Å². The first-order chi connectivity index (χ1) is 12.6. The highest BCUT2D eigenvalue weighted by molar-refractivity contribution is 5.91. The van der Waals surface area contributed by atoms with Crippen LogP contribution in [0.2, 0.25) is 0 Å². The van der Waals surface area contributed by atoms with Gasteiger partial charge in [0.25, 0.3) is 0 Å². The SMILES string of the molecule is CC(=O)N[C@H]1C[C@@H](C2CC2)N(C(=O)OC(C)C)c2ccc(C(F)(F)F)cc21. The monoisotopic (exact) mass is 384 g/mol. The van der Waals surface area contributed by atoms with E-state index in [-0.39, 0.29) is 29.5 Å². The molecule has 8 heteroatoms. The number of fused-ring (bicyclic) bond motifs is 1. The number of hydrogen-bond donors (Lipinski definition) is 1. The summed E-state index contributed by atoms with van der Waals surface area (Å²) in [6.07, 6.45) is -3.16. The Labute approximate surface area is 155 Å². The average Bonchev–Trinajstić information content (AvgIpc) is 3.36. The predicted molar refractivity (Wildman–Crippen MR) is 93.2 cm³/mol. The average molecular weight is 384 g/mol. The van der Waals surface area contributed by atoms with E-state index in [1.807, 2.05) is 0 Å². The van der Waals surface area contributed by atoms with Crippen molar-refractivity contribution in [1.82, 2.24) is 5.32 Å². The summed E-state index contributed by atoms with van der Waals surface area (Å²) in [4.78, 5) is 25.8. The fourth-order valence-electron chi connectivity index (χ4n) is 3.64. The van der Waals surface area contributed by atoms with Crippen molar-refractivity contribution in [2.75, 3.05) is 4.90 Å². The quantitative estimate of drug-likeness (QED) is 0.840. The summed E-state index contributed by atoms with van der Waals surface area (Å²) in [5.41, 5.74) is -0.146. The fourth-order valence-corrected chi connectivity index (χ4v) is 3.64. The summed E-state index contributed by atoms with van der Waals surface area (Å²) in [6, 6.07) is 2.51. The van der Waals surface area contributed by atoms with Crippen LogP contribution in [0, 0.1) is 5.92 Å². The van der Waals surface area contributed by atoms with Crippen molar-refractivity contribution < 1.29 is 27.5 Å². The van der Waals surface area contributed by atoms with Gasteiger partial charge in [0.2, 0.25) is 5.91 Å². The minimum Gasteiger partial charge on any atom is -0.446 e. The number of anilines is 1. The molecule has 0 saturated heterocycles. The Bertz CT molecular complexity index is 744. The van der Waals surface area contributed by atoms with Crippen LogP contribution in [0.3, 0.4) is 0 Å². The maximum absolute atomic E-state index is 13.2. The zero-order valence-electron chi connectivity index (χ0n) is 15.5. The molecular formula is C19H23F3N2O3. The number of rotatable bonds is 3. The van der Waals surface area contributed by atoms with Gasteiger partial charge in [0.05, 0.1) is 23.4 Å². The number of hydrogen-bond acceptors (Lipinski definition) is 3. The van der Waals surface area contributed by atoms with E-state index in [1.54, 1.807) is 13.8 Å². The molecular weight excluding hydrogens is 361 g/mol. The number of alkyl halides is 3. The van der Waals surface area contributed by atoms with Gasteiger partial charge in [-0.1, -0.05) is 0 Å². The Morgan fingerprint density at radius 2 is 1.93 bits per heavy atom. The lowest BCUT2D eigenvalue weighted by Gasteiger charge is -2.41. The largest absolute Gasteiger partial charge is 0.446 e. The Hall–Kier alpha value is -2.25. The number of carbonyl (C=O) groups is 2. The van der Waals surface area contributed by atoms with E-state index in [0.29, 0.717) is 12.1 Å². The van der Waals surface area contributed by atoms with Gasteiger partial charge in [0, 0.05) is 13.0 Å². The van der Waals surface area contributed by atoms with E-state index in [0.717, 1.165) is 25.0 Å². The first kappa shape index (κ1) is 19.5. The minimum atomic E-state index is -4.51. The number of halogens is 3. The van der Waals surface area contributed by atoms with E-state index < -0.39 is 23.9 Å². The van der Waals surface area contributed by atoms with Gasteiger partial charge in [-0.25, -0.2) is 4.79 Å². The fraction of sp³-hybridized carbons (Fsp3) is 0.579. The van der Waals surface area contributed by atoms with Crippen molar-refractivity contribution in [2.45, 2.75) is 64.4 Å². The number of ether oxygens (including phenoxy) is 1. The molecule has 5 nitrogen and oxygen atoms in total. The van der Waals surface area contributed by atoms with Crippen molar-refractivity contribution in [3.63, 3.8) is 0 Å². The summed E-state index contributed by atoms with van der Waals surface area (Å²) in [5.74, 6) is -0.0625. The van der Waals surface area contributed by atoms with Crippen LogP contribution < -0.4 is 10.2 Å². The summed E-state index contributed by atoms with van der Waals surface area (Å²) < 4.78 is 44.9.